The lowest BCUT2D eigenvalue weighted by Gasteiger charge is -2.07. The Morgan fingerprint density at radius 3 is 1.21 bits per heavy atom. The molecule has 0 fully saturated rings. The summed E-state index contributed by atoms with van der Waals surface area (Å²) in [6.45, 7) is 0. The lowest BCUT2D eigenvalue weighted by atomic mass is 9.98. The molecular formula is C20H12O4. The molecule has 0 radical (unpaired) electrons. The largest absolute Gasteiger partial charge is 0.478 e. The van der Waals surface area contributed by atoms with Gasteiger partial charge in [0.25, 0.3) is 0 Å². The van der Waals surface area contributed by atoms with Crippen LogP contribution in [0.4, 0.5) is 0 Å². The van der Waals surface area contributed by atoms with Gasteiger partial charge < -0.3 is 10.2 Å². The quantitative estimate of drug-likeness (QED) is 0.532. The molecule has 0 aromatic heterocycles. The zero-order valence-corrected chi connectivity index (χ0v) is 12.5. The van der Waals surface area contributed by atoms with Gasteiger partial charge in [-0.2, -0.15) is 0 Å². The Hall–Kier alpha value is -3.40. The molecule has 4 aromatic carbocycles. The van der Waals surface area contributed by atoms with Gasteiger partial charge in [0.1, 0.15) is 0 Å². The van der Waals surface area contributed by atoms with E-state index in [1.165, 1.54) is 0 Å². The normalized spacial score (nSPS) is 11.2. The highest BCUT2D eigenvalue weighted by atomic mass is 16.4. The van der Waals surface area contributed by atoms with Gasteiger partial charge in [0, 0.05) is 0 Å². The first-order valence-corrected chi connectivity index (χ1v) is 7.39. The summed E-state index contributed by atoms with van der Waals surface area (Å²) < 4.78 is 0. The van der Waals surface area contributed by atoms with Gasteiger partial charge in [-0.25, -0.2) is 9.59 Å². The fourth-order valence-corrected chi connectivity index (χ4v) is 3.02. The van der Waals surface area contributed by atoms with Gasteiger partial charge in [0.05, 0.1) is 11.1 Å². The molecule has 4 rings (SSSR count). The highest BCUT2D eigenvalue weighted by molar-refractivity contribution is 6.07. The molecule has 24 heavy (non-hydrogen) atoms. The van der Waals surface area contributed by atoms with Crippen LogP contribution in [0.5, 0.6) is 0 Å². The van der Waals surface area contributed by atoms with Gasteiger partial charge >= 0.3 is 11.9 Å². The molecule has 4 nitrogen and oxygen atoms in total. The third-order valence-corrected chi connectivity index (χ3v) is 4.24. The first-order chi connectivity index (χ1) is 11.5. The number of aromatic carboxylic acids is 2. The molecule has 0 heterocycles. The molecule has 116 valence electrons. The third-order valence-electron chi connectivity index (χ3n) is 4.24. The molecule has 0 unspecified atom stereocenters. The third kappa shape index (κ3) is 2.25. The molecular weight excluding hydrogens is 304 g/mol. The van der Waals surface area contributed by atoms with Crippen molar-refractivity contribution in [1.82, 2.24) is 0 Å². The van der Waals surface area contributed by atoms with E-state index in [-0.39, 0.29) is 11.1 Å². The van der Waals surface area contributed by atoms with Crippen molar-refractivity contribution in [2.45, 2.75) is 0 Å². The summed E-state index contributed by atoms with van der Waals surface area (Å²) >= 11 is 0. The summed E-state index contributed by atoms with van der Waals surface area (Å²) in [5.41, 5.74) is 0.516. The van der Waals surface area contributed by atoms with Crippen LogP contribution in [0.25, 0.3) is 32.3 Å². The summed E-state index contributed by atoms with van der Waals surface area (Å²) in [4.78, 5) is 22.2. The van der Waals surface area contributed by atoms with Crippen LogP contribution in [0.1, 0.15) is 20.7 Å². The van der Waals surface area contributed by atoms with Crippen molar-refractivity contribution in [3.05, 3.63) is 71.8 Å². The summed E-state index contributed by atoms with van der Waals surface area (Å²) in [7, 11) is 0. The number of carbonyl (C=O) groups is 2. The molecule has 0 atom stereocenters. The summed E-state index contributed by atoms with van der Waals surface area (Å²) in [6.07, 6.45) is 0. The van der Waals surface area contributed by atoms with Gasteiger partial charge in [-0.15, -0.1) is 0 Å². The number of hydrogen-bond donors (Lipinski definition) is 2. The molecule has 0 aliphatic rings. The van der Waals surface area contributed by atoms with Gasteiger partial charge in [0.2, 0.25) is 0 Å². The Morgan fingerprint density at radius 2 is 0.833 bits per heavy atom. The lowest BCUT2D eigenvalue weighted by molar-refractivity contribution is 0.0686. The molecule has 4 aromatic rings. The molecule has 4 heteroatoms. The first-order valence-electron chi connectivity index (χ1n) is 7.39. The number of carboxylic acid groups (broad SMARTS) is 2. The maximum atomic E-state index is 11.1. The van der Waals surface area contributed by atoms with Crippen molar-refractivity contribution >= 4 is 44.3 Å². The van der Waals surface area contributed by atoms with Crippen molar-refractivity contribution in [2.24, 2.45) is 0 Å². The van der Waals surface area contributed by atoms with E-state index in [0.29, 0.717) is 0 Å². The van der Waals surface area contributed by atoms with Crippen molar-refractivity contribution in [3.63, 3.8) is 0 Å². The SMILES string of the molecule is O=C(O)c1ccc2cc3cc4cc(C(=O)O)ccc4cc3cc2c1. The minimum absolute atomic E-state index is 0.258. The van der Waals surface area contributed by atoms with E-state index in [1.807, 2.05) is 24.3 Å². The predicted octanol–water partition coefficient (Wildman–Crippen LogP) is 4.54. The topological polar surface area (TPSA) is 74.6 Å². The number of carboxylic acids is 2. The van der Waals surface area contributed by atoms with Crippen LogP contribution in [0.3, 0.4) is 0 Å². The standard InChI is InChI=1S/C20H12O4/c21-19(22)13-3-1-11-5-17-10-16-8-14(20(23)24)4-2-12(16)6-18(17)9-15(11)7-13/h1-10H,(H,21,22)(H,23,24). The molecule has 2 N–H and O–H groups in total. The molecule has 0 aliphatic heterocycles. The number of benzene rings is 4. The minimum Gasteiger partial charge on any atom is -0.478 e. The highest BCUT2D eigenvalue weighted by Crippen LogP contribution is 2.28. The van der Waals surface area contributed by atoms with Gasteiger partial charge in [-0.3, -0.25) is 0 Å². The Labute approximate surface area is 136 Å². The van der Waals surface area contributed by atoms with Crippen LogP contribution in [-0.2, 0) is 0 Å². The highest BCUT2D eigenvalue weighted by Gasteiger charge is 2.07. The van der Waals surface area contributed by atoms with Crippen molar-refractivity contribution in [1.29, 1.82) is 0 Å². The van der Waals surface area contributed by atoms with Crippen LogP contribution in [0.15, 0.2) is 60.7 Å². The lowest BCUT2D eigenvalue weighted by Crippen LogP contribution is -1.95. The summed E-state index contributed by atoms with van der Waals surface area (Å²) in [5, 5.41) is 23.8. The average Bonchev–Trinajstić information content (AvgIpc) is 2.56. The van der Waals surface area contributed by atoms with Crippen LogP contribution in [0, 0.1) is 0 Å². The van der Waals surface area contributed by atoms with E-state index in [0.717, 1.165) is 32.3 Å². The van der Waals surface area contributed by atoms with E-state index in [1.54, 1.807) is 36.4 Å². The fourth-order valence-electron chi connectivity index (χ4n) is 3.02. The van der Waals surface area contributed by atoms with Gasteiger partial charge in [-0.1, -0.05) is 12.1 Å². The maximum Gasteiger partial charge on any atom is 0.335 e. The van der Waals surface area contributed by atoms with E-state index >= 15 is 0 Å². The fraction of sp³-hybridized carbons (Fsp3) is 0. The molecule has 0 spiro atoms. The average molecular weight is 316 g/mol. The summed E-state index contributed by atoms with van der Waals surface area (Å²) in [6, 6.07) is 18.0. The second-order valence-electron chi connectivity index (χ2n) is 5.79. The first kappa shape index (κ1) is 14.2. The van der Waals surface area contributed by atoms with E-state index in [4.69, 9.17) is 10.2 Å². The Balaban J connectivity index is 2.00. The van der Waals surface area contributed by atoms with Crippen LogP contribution in [-0.4, -0.2) is 22.2 Å². The minimum atomic E-state index is -0.947. The summed E-state index contributed by atoms with van der Waals surface area (Å²) in [5.74, 6) is -1.89. The second kappa shape index (κ2) is 5.06. The number of fused-ring (bicyclic) bond motifs is 3. The zero-order chi connectivity index (χ0) is 16.8. The van der Waals surface area contributed by atoms with E-state index < -0.39 is 11.9 Å². The molecule has 0 saturated carbocycles. The van der Waals surface area contributed by atoms with E-state index in [9.17, 15) is 9.59 Å². The van der Waals surface area contributed by atoms with Crippen LogP contribution >= 0.6 is 0 Å². The van der Waals surface area contributed by atoms with Crippen molar-refractivity contribution in [2.75, 3.05) is 0 Å². The van der Waals surface area contributed by atoms with Crippen LogP contribution < -0.4 is 0 Å². The zero-order valence-electron chi connectivity index (χ0n) is 12.5. The van der Waals surface area contributed by atoms with Gasteiger partial charge in [-0.05, 0) is 80.8 Å². The predicted molar refractivity (Wildman–Crippen MR) is 92.9 cm³/mol. The smallest absolute Gasteiger partial charge is 0.335 e. The van der Waals surface area contributed by atoms with Crippen molar-refractivity contribution in [3.8, 4) is 0 Å². The monoisotopic (exact) mass is 316 g/mol. The van der Waals surface area contributed by atoms with E-state index in [2.05, 4.69) is 0 Å². The van der Waals surface area contributed by atoms with Gasteiger partial charge in [0.15, 0.2) is 0 Å². The van der Waals surface area contributed by atoms with Crippen molar-refractivity contribution < 1.29 is 19.8 Å². The molecule has 0 amide bonds. The second-order valence-corrected chi connectivity index (χ2v) is 5.79. The molecule has 0 saturated heterocycles. The number of hydrogen-bond acceptors (Lipinski definition) is 2. The Bertz CT molecular complexity index is 1070. The Kier molecular flexibility index (Phi) is 3.00. The molecule has 0 bridgehead atoms. The maximum absolute atomic E-state index is 11.1. The number of rotatable bonds is 2. The Morgan fingerprint density at radius 1 is 0.500 bits per heavy atom. The van der Waals surface area contributed by atoms with Crippen LogP contribution in [0.2, 0.25) is 0 Å². The molecule has 0 aliphatic carbocycles.